The predicted molar refractivity (Wildman–Crippen MR) is 119 cm³/mol. The Bertz CT molecular complexity index is 1020. The van der Waals surface area contributed by atoms with E-state index in [0.29, 0.717) is 18.7 Å². The molecule has 1 amide bonds. The fraction of sp³-hybridized carbons (Fsp3) is 0.458. The van der Waals surface area contributed by atoms with Gasteiger partial charge < -0.3 is 15.0 Å². The second-order valence-electron chi connectivity index (χ2n) is 8.29. The molecule has 2 aromatic rings. The fourth-order valence-corrected chi connectivity index (χ4v) is 5.21. The molecule has 0 aliphatic carbocycles. The van der Waals surface area contributed by atoms with Crippen LogP contribution in [0.5, 0.6) is 0 Å². The molecule has 0 aromatic carbocycles. The number of carbonyl (C=O) groups is 1. The molecule has 4 heterocycles. The van der Waals surface area contributed by atoms with E-state index in [2.05, 4.69) is 22.1 Å². The topological polar surface area (TPSA) is 87.5 Å². The van der Waals surface area contributed by atoms with Crippen LogP contribution in [0.15, 0.2) is 47.4 Å². The van der Waals surface area contributed by atoms with Crippen molar-refractivity contribution in [2.75, 3.05) is 13.2 Å². The van der Waals surface area contributed by atoms with Gasteiger partial charge in [0.15, 0.2) is 0 Å². The van der Waals surface area contributed by atoms with Gasteiger partial charge in [-0.05, 0) is 44.2 Å². The normalized spacial score (nSPS) is 25.0. The molecular formula is C24H30N4O3. The van der Waals surface area contributed by atoms with Crippen LogP contribution in [0.2, 0.25) is 0 Å². The first-order valence-corrected chi connectivity index (χ1v) is 11.0. The Hall–Kier alpha value is -2.77. The molecule has 7 nitrogen and oxygen atoms in total. The van der Waals surface area contributed by atoms with Crippen molar-refractivity contribution in [2.45, 2.75) is 45.4 Å². The zero-order valence-electron chi connectivity index (χ0n) is 18.1. The molecule has 2 N–H and O–H groups in total. The summed E-state index contributed by atoms with van der Waals surface area (Å²) in [6, 6.07) is 9.14. The Balaban J connectivity index is 1.70. The molecule has 0 saturated carbocycles. The minimum atomic E-state index is -0.425. The van der Waals surface area contributed by atoms with Crippen molar-refractivity contribution in [3.63, 3.8) is 0 Å². The van der Waals surface area contributed by atoms with Crippen molar-refractivity contribution in [1.29, 1.82) is 0 Å². The van der Waals surface area contributed by atoms with Crippen LogP contribution in [0.25, 0.3) is 6.08 Å². The van der Waals surface area contributed by atoms with Crippen LogP contribution >= 0.6 is 0 Å². The number of hydrogen-bond acceptors (Lipinski definition) is 5. The molecule has 2 aromatic heterocycles. The molecule has 0 spiro atoms. The van der Waals surface area contributed by atoms with Gasteiger partial charge in [0.25, 0.3) is 5.56 Å². The van der Waals surface area contributed by atoms with Crippen LogP contribution in [0.3, 0.4) is 0 Å². The Morgan fingerprint density at radius 3 is 2.84 bits per heavy atom. The third-order valence-electron chi connectivity index (χ3n) is 6.50. The van der Waals surface area contributed by atoms with Crippen molar-refractivity contribution in [2.24, 2.45) is 11.8 Å². The largest absolute Gasteiger partial charge is 0.396 e. The lowest BCUT2D eigenvalue weighted by molar-refractivity contribution is -0.127. The predicted octanol–water partition coefficient (Wildman–Crippen LogP) is 1.97. The molecule has 164 valence electrons. The highest BCUT2D eigenvalue weighted by Gasteiger charge is 2.55. The highest BCUT2D eigenvalue weighted by Crippen LogP contribution is 2.48. The molecule has 4 atom stereocenters. The highest BCUT2D eigenvalue weighted by molar-refractivity contribution is 5.80. The maximum absolute atomic E-state index is 13.4. The number of aliphatic hydroxyl groups is 1. The minimum Gasteiger partial charge on any atom is -0.396 e. The van der Waals surface area contributed by atoms with Crippen molar-refractivity contribution >= 4 is 12.0 Å². The van der Waals surface area contributed by atoms with Gasteiger partial charge in [0.1, 0.15) is 0 Å². The number of hydrogen-bond donors (Lipinski definition) is 2. The number of amides is 1. The van der Waals surface area contributed by atoms with Crippen LogP contribution in [0.1, 0.15) is 43.3 Å². The maximum atomic E-state index is 13.4. The van der Waals surface area contributed by atoms with E-state index in [4.69, 9.17) is 0 Å². The number of aliphatic hydroxyl groups excluding tert-OH is 1. The van der Waals surface area contributed by atoms with Gasteiger partial charge in [-0.2, -0.15) is 0 Å². The lowest BCUT2D eigenvalue weighted by Gasteiger charge is -2.38. The van der Waals surface area contributed by atoms with Gasteiger partial charge in [0, 0.05) is 42.6 Å². The molecule has 1 saturated heterocycles. The van der Waals surface area contributed by atoms with Gasteiger partial charge in [-0.15, -0.1) is 0 Å². The van der Waals surface area contributed by atoms with Crippen LogP contribution in [-0.2, 0) is 17.9 Å². The quantitative estimate of drug-likeness (QED) is 0.712. The molecule has 2 aliphatic rings. The monoisotopic (exact) mass is 422 g/mol. The van der Waals surface area contributed by atoms with Crippen LogP contribution < -0.4 is 10.9 Å². The second-order valence-corrected chi connectivity index (χ2v) is 8.29. The molecule has 0 radical (unpaired) electrons. The summed E-state index contributed by atoms with van der Waals surface area (Å²) in [5.41, 5.74) is 2.26. The Kier molecular flexibility index (Phi) is 6.34. The number of carbonyl (C=O) groups excluding carboxylic acids is 1. The van der Waals surface area contributed by atoms with E-state index in [9.17, 15) is 14.7 Å². The number of nitrogens with one attached hydrogen (secondary N) is 1. The Labute approximate surface area is 182 Å². The summed E-state index contributed by atoms with van der Waals surface area (Å²) in [5, 5.41) is 13.3. The number of fused-ring (bicyclic) bond motifs is 4. The summed E-state index contributed by atoms with van der Waals surface area (Å²) in [6.45, 7) is 5.56. The van der Waals surface area contributed by atoms with E-state index in [-0.39, 0.29) is 36.1 Å². The average Bonchev–Trinajstić information content (AvgIpc) is 3.00. The standard InChI is InChI=1S/C24H30N4O3/c1-3-7-16-9-10-19-22-21(23(30)26-13-17-8-5-6-11-25-17)18(15-29)20(27(22)12-4-2)14-28(19)24(16)31/h3,5-11,18,20-22,29H,4,12-15H2,1-2H3,(H,26,30)/b7-3-/t18-,20-,21+,22+/m1/s1. The molecule has 31 heavy (non-hydrogen) atoms. The zero-order valence-corrected chi connectivity index (χ0v) is 18.1. The van der Waals surface area contributed by atoms with Crippen LogP contribution in [0.4, 0.5) is 0 Å². The Morgan fingerprint density at radius 2 is 2.16 bits per heavy atom. The molecular weight excluding hydrogens is 392 g/mol. The summed E-state index contributed by atoms with van der Waals surface area (Å²) in [6.07, 6.45) is 6.31. The number of nitrogens with zero attached hydrogens (tertiary/aromatic N) is 3. The Morgan fingerprint density at radius 1 is 1.32 bits per heavy atom. The van der Waals surface area contributed by atoms with Crippen LogP contribution in [-0.4, -0.2) is 44.7 Å². The first-order valence-electron chi connectivity index (χ1n) is 11.0. The van der Waals surface area contributed by atoms with E-state index in [1.165, 1.54) is 0 Å². The first kappa shape index (κ1) is 21.5. The fourth-order valence-electron chi connectivity index (χ4n) is 5.21. The first-order chi connectivity index (χ1) is 15.1. The van der Waals surface area contributed by atoms with Gasteiger partial charge in [-0.3, -0.25) is 19.5 Å². The molecule has 1 fully saturated rings. The van der Waals surface area contributed by atoms with Crippen LogP contribution in [0, 0.1) is 11.8 Å². The summed E-state index contributed by atoms with van der Waals surface area (Å²) >= 11 is 0. The molecule has 4 rings (SSSR count). The van der Waals surface area contributed by atoms with E-state index in [0.717, 1.165) is 24.4 Å². The van der Waals surface area contributed by atoms with E-state index >= 15 is 0 Å². The maximum Gasteiger partial charge on any atom is 0.258 e. The average molecular weight is 423 g/mol. The molecule has 0 unspecified atom stereocenters. The smallest absolute Gasteiger partial charge is 0.258 e. The van der Waals surface area contributed by atoms with Gasteiger partial charge in [0.2, 0.25) is 5.91 Å². The lowest BCUT2D eigenvalue weighted by atomic mass is 9.86. The van der Waals surface area contributed by atoms with Crippen molar-refractivity contribution in [3.8, 4) is 0 Å². The van der Waals surface area contributed by atoms with Gasteiger partial charge in [-0.1, -0.05) is 25.1 Å². The number of pyridine rings is 2. The number of rotatable bonds is 7. The van der Waals surface area contributed by atoms with E-state index in [1.54, 1.807) is 6.20 Å². The zero-order chi connectivity index (χ0) is 22.0. The lowest BCUT2D eigenvalue weighted by Crippen LogP contribution is -2.47. The minimum absolute atomic E-state index is 0.0343. The number of allylic oxidation sites excluding steroid dienone is 1. The SMILES string of the molecule is C/C=C\c1ccc2n(c1=O)C[C@@H]1[C@@H](CO)[C@H](C(=O)NCc3ccccn3)[C@H]2N1CCC. The number of aromatic nitrogens is 2. The second kappa shape index (κ2) is 9.16. The molecule has 7 heteroatoms. The third kappa shape index (κ3) is 3.83. The van der Waals surface area contributed by atoms with Gasteiger partial charge >= 0.3 is 0 Å². The molecule has 2 aliphatic heterocycles. The summed E-state index contributed by atoms with van der Waals surface area (Å²) in [4.78, 5) is 33.1. The molecule has 2 bridgehead atoms. The van der Waals surface area contributed by atoms with Crippen molar-refractivity contribution < 1.29 is 9.90 Å². The van der Waals surface area contributed by atoms with E-state index in [1.807, 2.05) is 54.0 Å². The summed E-state index contributed by atoms with van der Waals surface area (Å²) in [5.74, 6) is -0.757. The van der Waals surface area contributed by atoms with Gasteiger partial charge in [0.05, 0.1) is 24.2 Å². The van der Waals surface area contributed by atoms with E-state index < -0.39 is 5.92 Å². The summed E-state index contributed by atoms with van der Waals surface area (Å²) < 4.78 is 1.81. The summed E-state index contributed by atoms with van der Waals surface area (Å²) in [7, 11) is 0. The van der Waals surface area contributed by atoms with Gasteiger partial charge in [-0.25, -0.2) is 0 Å². The highest BCUT2D eigenvalue weighted by atomic mass is 16.3. The third-order valence-corrected chi connectivity index (χ3v) is 6.50. The van der Waals surface area contributed by atoms with Crippen molar-refractivity contribution in [3.05, 3.63) is 69.9 Å². The van der Waals surface area contributed by atoms with Crippen molar-refractivity contribution in [1.82, 2.24) is 19.8 Å².